The van der Waals surface area contributed by atoms with Crippen molar-refractivity contribution in [3.63, 3.8) is 0 Å². The number of benzene rings is 2. The molecule has 0 spiro atoms. The van der Waals surface area contributed by atoms with Crippen LogP contribution in [0.2, 0.25) is 0 Å². The summed E-state index contributed by atoms with van der Waals surface area (Å²) in [6.07, 6.45) is -6.26. The molecule has 0 saturated carbocycles. The maximum atomic E-state index is 12.9. The van der Waals surface area contributed by atoms with Crippen molar-refractivity contribution in [2.24, 2.45) is 5.92 Å². The molecule has 1 aliphatic rings. The van der Waals surface area contributed by atoms with Crippen molar-refractivity contribution in [1.82, 2.24) is 4.90 Å². The summed E-state index contributed by atoms with van der Waals surface area (Å²) in [5.74, 6) is -1.18. The first-order valence-corrected chi connectivity index (χ1v) is 9.94. The molecule has 1 unspecified atom stereocenters. The largest absolute Gasteiger partial charge is 0.490 e. The van der Waals surface area contributed by atoms with E-state index in [0.717, 1.165) is 24.3 Å². The summed E-state index contributed by atoms with van der Waals surface area (Å²) in [6, 6.07) is 8.16. The van der Waals surface area contributed by atoms with Crippen LogP contribution < -0.4 is 10.1 Å². The van der Waals surface area contributed by atoms with Gasteiger partial charge < -0.3 is 25.2 Å². The minimum Gasteiger partial charge on any atom is -0.490 e. The Balaban J connectivity index is 1.84. The molecule has 2 aromatic carbocycles. The molecule has 1 heterocycles. The lowest BCUT2D eigenvalue weighted by molar-refractivity contribution is -0.137. The number of hydrogen-bond acceptors (Lipinski definition) is 5. The Hall–Kier alpha value is -3.11. The highest BCUT2D eigenvalue weighted by Crippen LogP contribution is 2.33. The number of nitrogens with zero attached hydrogens (tertiary/aromatic N) is 1. The predicted molar refractivity (Wildman–Crippen MR) is 109 cm³/mol. The van der Waals surface area contributed by atoms with E-state index in [0.29, 0.717) is 6.54 Å². The lowest BCUT2D eigenvalue weighted by Gasteiger charge is -2.30. The zero-order valence-corrected chi connectivity index (χ0v) is 17.2. The van der Waals surface area contributed by atoms with E-state index < -0.39 is 23.8 Å². The van der Waals surface area contributed by atoms with Gasteiger partial charge in [0.25, 0.3) is 11.8 Å². The van der Waals surface area contributed by atoms with Crippen LogP contribution in [0.25, 0.3) is 0 Å². The van der Waals surface area contributed by atoms with Crippen LogP contribution in [0, 0.1) is 5.92 Å². The second kappa shape index (κ2) is 9.58. The summed E-state index contributed by atoms with van der Waals surface area (Å²) in [6.45, 7) is 2.45. The molecule has 7 nitrogen and oxygen atoms in total. The Bertz CT molecular complexity index is 979. The predicted octanol–water partition coefficient (Wildman–Crippen LogP) is 2.84. The first-order valence-electron chi connectivity index (χ1n) is 9.94. The number of hydrogen-bond donors (Lipinski definition) is 3. The van der Waals surface area contributed by atoms with Crippen LogP contribution in [-0.4, -0.2) is 53.2 Å². The number of alkyl halides is 3. The number of carbonyl (C=O) groups excluding carboxylic acids is 2. The average molecular weight is 452 g/mol. The minimum absolute atomic E-state index is 0.0194. The minimum atomic E-state index is -4.53. The number of fused-ring (bicyclic) bond motifs is 1. The van der Waals surface area contributed by atoms with Crippen molar-refractivity contribution in [2.45, 2.75) is 19.2 Å². The molecular formula is C22H23F3N2O5. The molecule has 1 aliphatic heterocycles. The van der Waals surface area contributed by atoms with Gasteiger partial charge in [-0.25, -0.2) is 0 Å². The number of nitrogens with one attached hydrogen (secondary N) is 1. The fourth-order valence-electron chi connectivity index (χ4n) is 3.39. The van der Waals surface area contributed by atoms with Crippen LogP contribution in [0.5, 0.6) is 5.75 Å². The SMILES string of the molecule is C[C@H]1COc2c(NC(=O)C(O)c3ccc(C(F)(F)F)cc3)cccc2C(=O)N(CCO)C1. The quantitative estimate of drug-likeness (QED) is 0.648. The zero-order valence-electron chi connectivity index (χ0n) is 17.2. The van der Waals surface area contributed by atoms with E-state index in [1.165, 1.54) is 23.1 Å². The van der Waals surface area contributed by atoms with Crippen molar-refractivity contribution in [3.05, 3.63) is 59.2 Å². The second-order valence-electron chi connectivity index (χ2n) is 7.58. The number of amides is 2. The fraction of sp³-hybridized carbons (Fsp3) is 0.364. The zero-order chi connectivity index (χ0) is 23.5. The third kappa shape index (κ3) is 5.20. The average Bonchev–Trinajstić information content (AvgIpc) is 2.75. The van der Waals surface area contributed by atoms with Crippen molar-refractivity contribution in [2.75, 3.05) is 31.6 Å². The highest BCUT2D eigenvalue weighted by molar-refractivity contribution is 6.02. The molecule has 2 amide bonds. The number of halogens is 3. The monoisotopic (exact) mass is 452 g/mol. The number of carbonyl (C=O) groups is 2. The van der Waals surface area contributed by atoms with Crippen molar-refractivity contribution < 1.29 is 37.7 Å². The van der Waals surface area contributed by atoms with Crippen molar-refractivity contribution in [1.29, 1.82) is 0 Å². The number of β-amino-alcohol motifs (C(OH)–C–C–N with tert-alkyl or cyclic N) is 1. The summed E-state index contributed by atoms with van der Waals surface area (Å²) < 4.78 is 43.9. The van der Waals surface area contributed by atoms with Crippen LogP contribution in [-0.2, 0) is 11.0 Å². The summed E-state index contributed by atoms with van der Waals surface area (Å²) in [5, 5.41) is 22.1. The van der Waals surface area contributed by atoms with Gasteiger partial charge in [-0.2, -0.15) is 13.2 Å². The van der Waals surface area contributed by atoms with E-state index in [1.54, 1.807) is 0 Å². The number of ether oxygens (including phenoxy) is 1. The molecule has 2 aromatic rings. The molecular weight excluding hydrogens is 429 g/mol. The molecule has 2 atom stereocenters. The third-order valence-electron chi connectivity index (χ3n) is 5.01. The van der Waals surface area contributed by atoms with Gasteiger partial charge in [-0.05, 0) is 29.8 Å². The van der Waals surface area contributed by atoms with Gasteiger partial charge in [0, 0.05) is 19.0 Å². The molecule has 32 heavy (non-hydrogen) atoms. The summed E-state index contributed by atoms with van der Waals surface area (Å²) in [4.78, 5) is 27.0. The molecule has 0 aliphatic carbocycles. The maximum absolute atomic E-state index is 12.9. The van der Waals surface area contributed by atoms with Crippen LogP contribution in [0.1, 0.15) is 34.5 Å². The van der Waals surface area contributed by atoms with Gasteiger partial charge in [-0.3, -0.25) is 9.59 Å². The molecule has 0 aromatic heterocycles. The Morgan fingerprint density at radius 2 is 1.94 bits per heavy atom. The van der Waals surface area contributed by atoms with E-state index in [2.05, 4.69) is 5.32 Å². The third-order valence-corrected chi connectivity index (χ3v) is 5.01. The Labute approximate surface area is 182 Å². The summed E-state index contributed by atoms with van der Waals surface area (Å²) in [7, 11) is 0. The van der Waals surface area contributed by atoms with E-state index in [-0.39, 0.29) is 54.1 Å². The van der Waals surface area contributed by atoms with E-state index in [1.807, 2.05) is 6.92 Å². The smallest absolute Gasteiger partial charge is 0.416 e. The number of rotatable bonds is 5. The van der Waals surface area contributed by atoms with Crippen LogP contribution >= 0.6 is 0 Å². The maximum Gasteiger partial charge on any atom is 0.416 e. The Kier molecular flexibility index (Phi) is 7.05. The highest BCUT2D eigenvalue weighted by atomic mass is 19.4. The molecule has 3 rings (SSSR count). The Morgan fingerprint density at radius 1 is 1.25 bits per heavy atom. The molecule has 10 heteroatoms. The van der Waals surface area contributed by atoms with Crippen LogP contribution in [0.15, 0.2) is 42.5 Å². The first-order chi connectivity index (χ1) is 15.1. The number of aliphatic hydroxyl groups excluding tert-OH is 2. The molecule has 0 saturated heterocycles. The number of para-hydroxylation sites is 1. The molecule has 0 fully saturated rings. The van der Waals surface area contributed by atoms with Gasteiger partial charge >= 0.3 is 6.18 Å². The summed E-state index contributed by atoms with van der Waals surface area (Å²) in [5.41, 5.74) is -0.585. The van der Waals surface area contributed by atoms with Gasteiger partial charge in [-0.15, -0.1) is 0 Å². The fourth-order valence-corrected chi connectivity index (χ4v) is 3.39. The lowest BCUT2D eigenvalue weighted by Crippen LogP contribution is -2.40. The highest BCUT2D eigenvalue weighted by Gasteiger charge is 2.31. The molecule has 172 valence electrons. The first kappa shape index (κ1) is 23.6. The topological polar surface area (TPSA) is 99.1 Å². The van der Waals surface area contributed by atoms with Crippen LogP contribution in [0.4, 0.5) is 18.9 Å². The number of anilines is 1. The van der Waals surface area contributed by atoms with Gasteiger partial charge in [0.2, 0.25) is 0 Å². The van der Waals surface area contributed by atoms with Crippen molar-refractivity contribution >= 4 is 17.5 Å². The standard InChI is InChI=1S/C22H23F3N2O5/c1-13-11-27(9-10-28)21(31)16-3-2-4-17(19(16)32-12-13)26-20(30)18(29)14-5-7-15(8-6-14)22(23,24)25/h2-8,13,18,28-29H,9-12H2,1H3,(H,26,30)/t13-,18?/m1/s1. The molecule has 0 bridgehead atoms. The Morgan fingerprint density at radius 3 is 2.56 bits per heavy atom. The summed E-state index contributed by atoms with van der Waals surface area (Å²) >= 11 is 0. The van der Waals surface area contributed by atoms with Crippen molar-refractivity contribution in [3.8, 4) is 5.75 Å². The van der Waals surface area contributed by atoms with E-state index in [9.17, 15) is 33.0 Å². The van der Waals surface area contributed by atoms with Gasteiger partial charge in [-0.1, -0.05) is 25.1 Å². The number of aliphatic hydroxyl groups is 2. The lowest BCUT2D eigenvalue weighted by atomic mass is 10.0. The van der Waals surface area contributed by atoms with Gasteiger partial charge in [0.05, 0.1) is 30.0 Å². The van der Waals surface area contributed by atoms with Crippen LogP contribution in [0.3, 0.4) is 0 Å². The second-order valence-corrected chi connectivity index (χ2v) is 7.58. The molecule has 3 N–H and O–H groups in total. The van der Waals surface area contributed by atoms with E-state index in [4.69, 9.17) is 4.74 Å². The van der Waals surface area contributed by atoms with E-state index >= 15 is 0 Å². The van der Waals surface area contributed by atoms with Gasteiger partial charge in [0.1, 0.15) is 0 Å². The molecule has 0 radical (unpaired) electrons. The normalized spacial score (nSPS) is 17.6. The van der Waals surface area contributed by atoms with Gasteiger partial charge in [0.15, 0.2) is 11.9 Å².